The Labute approximate surface area is 127 Å². The highest BCUT2D eigenvalue weighted by atomic mass is 19.1. The van der Waals surface area contributed by atoms with Gasteiger partial charge in [-0.2, -0.15) is 0 Å². The van der Waals surface area contributed by atoms with Crippen molar-refractivity contribution in [2.24, 2.45) is 0 Å². The molecule has 1 aromatic carbocycles. The van der Waals surface area contributed by atoms with Gasteiger partial charge >= 0.3 is 0 Å². The standard InChI is InChI=1S/C16H14F2N4/c1-19-14-7-6-13(17)12(15(14)18)5-2-10-8-20-16(21-9-10)22-11-3-4-11/h6-9,11,19H,3-4H2,1H3,(H,20,21,22). The van der Waals surface area contributed by atoms with E-state index in [-0.39, 0.29) is 11.3 Å². The topological polar surface area (TPSA) is 49.8 Å². The second-order valence-corrected chi connectivity index (χ2v) is 5.00. The normalized spacial score (nSPS) is 13.2. The smallest absolute Gasteiger partial charge is 0.222 e. The highest BCUT2D eigenvalue weighted by Gasteiger charge is 2.21. The fraction of sp³-hybridized carbons (Fsp3) is 0.250. The molecule has 0 saturated heterocycles. The molecule has 1 aliphatic carbocycles. The second kappa shape index (κ2) is 5.98. The maximum atomic E-state index is 14.0. The van der Waals surface area contributed by atoms with Gasteiger partial charge in [0.25, 0.3) is 0 Å². The number of benzene rings is 1. The lowest BCUT2D eigenvalue weighted by Crippen LogP contribution is -2.04. The summed E-state index contributed by atoms with van der Waals surface area (Å²) >= 11 is 0. The van der Waals surface area contributed by atoms with Crippen LogP contribution < -0.4 is 10.6 Å². The number of hydrogen-bond donors (Lipinski definition) is 2. The van der Waals surface area contributed by atoms with E-state index < -0.39 is 11.6 Å². The molecule has 0 bridgehead atoms. The van der Waals surface area contributed by atoms with Crippen molar-refractivity contribution in [3.8, 4) is 11.8 Å². The summed E-state index contributed by atoms with van der Waals surface area (Å²) in [5.41, 5.74) is 0.424. The van der Waals surface area contributed by atoms with Gasteiger partial charge in [0, 0.05) is 25.5 Å². The molecule has 22 heavy (non-hydrogen) atoms. The van der Waals surface area contributed by atoms with Crippen LogP contribution in [0.1, 0.15) is 24.0 Å². The summed E-state index contributed by atoms with van der Waals surface area (Å²) in [6.45, 7) is 0. The predicted molar refractivity (Wildman–Crippen MR) is 80.6 cm³/mol. The molecule has 0 unspecified atom stereocenters. The van der Waals surface area contributed by atoms with Crippen LogP contribution in [0.3, 0.4) is 0 Å². The van der Waals surface area contributed by atoms with E-state index in [1.807, 2.05) is 0 Å². The Kier molecular flexibility index (Phi) is 3.88. The zero-order valence-electron chi connectivity index (χ0n) is 12.0. The molecule has 112 valence electrons. The maximum absolute atomic E-state index is 14.0. The van der Waals surface area contributed by atoms with Gasteiger partial charge in [-0.15, -0.1) is 0 Å². The summed E-state index contributed by atoms with van der Waals surface area (Å²) in [5.74, 6) is 4.33. The molecule has 1 heterocycles. The molecule has 2 N–H and O–H groups in total. The van der Waals surface area contributed by atoms with Crippen molar-refractivity contribution in [1.29, 1.82) is 0 Å². The summed E-state index contributed by atoms with van der Waals surface area (Å²) < 4.78 is 27.7. The van der Waals surface area contributed by atoms with Crippen LogP contribution in [0.25, 0.3) is 0 Å². The molecule has 0 radical (unpaired) electrons. The molecule has 6 heteroatoms. The third-order valence-electron chi connectivity index (χ3n) is 3.25. The highest BCUT2D eigenvalue weighted by molar-refractivity contribution is 5.54. The van der Waals surface area contributed by atoms with Crippen molar-refractivity contribution >= 4 is 11.6 Å². The summed E-state index contributed by atoms with van der Waals surface area (Å²) in [7, 11) is 1.56. The predicted octanol–water partition coefficient (Wildman–Crippen LogP) is 2.77. The van der Waals surface area contributed by atoms with Crippen LogP contribution in [-0.4, -0.2) is 23.1 Å². The van der Waals surface area contributed by atoms with Crippen LogP contribution in [0, 0.1) is 23.5 Å². The molecular formula is C16H14F2N4. The first-order valence-corrected chi connectivity index (χ1v) is 6.93. The lowest BCUT2D eigenvalue weighted by molar-refractivity contribution is 0.580. The summed E-state index contributed by atoms with van der Waals surface area (Å²) in [6, 6.07) is 2.97. The first kappa shape index (κ1) is 14.3. The average molecular weight is 300 g/mol. The monoisotopic (exact) mass is 300 g/mol. The van der Waals surface area contributed by atoms with Crippen LogP contribution in [0.4, 0.5) is 20.4 Å². The van der Waals surface area contributed by atoms with Gasteiger partial charge in [-0.05, 0) is 25.0 Å². The Morgan fingerprint density at radius 3 is 2.50 bits per heavy atom. The Hall–Kier alpha value is -2.68. The van der Waals surface area contributed by atoms with Crippen LogP contribution >= 0.6 is 0 Å². The molecule has 2 aromatic rings. The van der Waals surface area contributed by atoms with Crippen LogP contribution in [0.15, 0.2) is 24.5 Å². The number of anilines is 2. The molecule has 0 amide bonds. The van der Waals surface area contributed by atoms with E-state index in [1.165, 1.54) is 24.5 Å². The van der Waals surface area contributed by atoms with Gasteiger partial charge in [0.05, 0.1) is 16.8 Å². The van der Waals surface area contributed by atoms with Crippen molar-refractivity contribution in [2.75, 3.05) is 17.7 Å². The van der Waals surface area contributed by atoms with Crippen molar-refractivity contribution in [3.05, 3.63) is 47.3 Å². The fourth-order valence-corrected chi connectivity index (χ4v) is 1.87. The van der Waals surface area contributed by atoms with Crippen molar-refractivity contribution in [1.82, 2.24) is 9.97 Å². The first-order chi connectivity index (χ1) is 10.7. The van der Waals surface area contributed by atoms with Crippen molar-refractivity contribution < 1.29 is 8.78 Å². The highest BCUT2D eigenvalue weighted by Crippen LogP contribution is 2.22. The zero-order chi connectivity index (χ0) is 15.5. The van der Waals surface area contributed by atoms with E-state index in [0.29, 0.717) is 17.6 Å². The van der Waals surface area contributed by atoms with Gasteiger partial charge < -0.3 is 10.6 Å². The molecule has 3 rings (SSSR count). The van der Waals surface area contributed by atoms with E-state index >= 15 is 0 Å². The minimum Gasteiger partial charge on any atom is -0.386 e. The first-order valence-electron chi connectivity index (χ1n) is 6.93. The third kappa shape index (κ3) is 3.14. The molecular weight excluding hydrogens is 286 g/mol. The lowest BCUT2D eigenvalue weighted by Gasteiger charge is -2.04. The zero-order valence-corrected chi connectivity index (χ0v) is 12.0. The number of nitrogens with one attached hydrogen (secondary N) is 2. The summed E-state index contributed by atoms with van der Waals surface area (Å²) in [5, 5.41) is 5.80. The Bertz CT molecular complexity index is 743. The Morgan fingerprint density at radius 2 is 1.86 bits per heavy atom. The van der Waals surface area contributed by atoms with E-state index in [1.54, 1.807) is 7.05 Å². The molecule has 0 atom stereocenters. The third-order valence-corrected chi connectivity index (χ3v) is 3.25. The Morgan fingerprint density at radius 1 is 1.14 bits per heavy atom. The number of nitrogens with zero attached hydrogens (tertiary/aromatic N) is 2. The SMILES string of the molecule is CNc1ccc(F)c(C#Cc2cnc(NC3CC3)nc2)c1F. The average Bonchev–Trinajstić information content (AvgIpc) is 3.33. The fourth-order valence-electron chi connectivity index (χ4n) is 1.87. The molecule has 1 aromatic heterocycles. The largest absolute Gasteiger partial charge is 0.386 e. The van der Waals surface area contributed by atoms with E-state index in [0.717, 1.165) is 12.8 Å². The Balaban J connectivity index is 1.82. The van der Waals surface area contributed by atoms with Crippen molar-refractivity contribution in [2.45, 2.75) is 18.9 Å². The van der Waals surface area contributed by atoms with Gasteiger partial charge in [0.2, 0.25) is 5.95 Å². The van der Waals surface area contributed by atoms with Crippen molar-refractivity contribution in [3.63, 3.8) is 0 Å². The molecule has 1 saturated carbocycles. The number of rotatable bonds is 3. The molecule has 0 spiro atoms. The minimum atomic E-state index is -0.706. The van der Waals surface area contributed by atoms with Crippen LogP contribution in [-0.2, 0) is 0 Å². The van der Waals surface area contributed by atoms with Gasteiger partial charge in [0.15, 0.2) is 5.82 Å². The summed E-state index contributed by atoms with van der Waals surface area (Å²) in [4.78, 5) is 8.25. The number of hydrogen-bond acceptors (Lipinski definition) is 4. The quantitative estimate of drug-likeness (QED) is 0.856. The van der Waals surface area contributed by atoms with Crippen LogP contribution in [0.5, 0.6) is 0 Å². The number of halogens is 2. The van der Waals surface area contributed by atoms with Crippen LogP contribution in [0.2, 0.25) is 0 Å². The lowest BCUT2D eigenvalue weighted by atomic mass is 10.1. The molecule has 1 fully saturated rings. The van der Waals surface area contributed by atoms with E-state index in [9.17, 15) is 8.78 Å². The second-order valence-electron chi connectivity index (χ2n) is 5.00. The van der Waals surface area contributed by atoms with E-state index in [2.05, 4.69) is 32.4 Å². The van der Waals surface area contributed by atoms with E-state index in [4.69, 9.17) is 0 Å². The molecule has 4 nitrogen and oxygen atoms in total. The van der Waals surface area contributed by atoms with Gasteiger partial charge in [-0.25, -0.2) is 18.7 Å². The summed E-state index contributed by atoms with van der Waals surface area (Å²) in [6.07, 6.45) is 5.32. The number of aromatic nitrogens is 2. The minimum absolute atomic E-state index is 0.200. The molecule has 1 aliphatic rings. The van der Waals surface area contributed by atoms with Gasteiger partial charge in [-0.1, -0.05) is 11.8 Å². The molecule has 0 aliphatic heterocycles. The van der Waals surface area contributed by atoms with Gasteiger partial charge in [-0.3, -0.25) is 0 Å². The van der Waals surface area contributed by atoms with Gasteiger partial charge in [0.1, 0.15) is 5.82 Å². The maximum Gasteiger partial charge on any atom is 0.222 e.